The fourth-order valence-corrected chi connectivity index (χ4v) is 2.52. The van der Waals surface area contributed by atoms with E-state index in [2.05, 4.69) is 9.97 Å². The molecule has 1 N–H and O–H groups in total. The van der Waals surface area contributed by atoms with Crippen molar-refractivity contribution in [3.63, 3.8) is 0 Å². The van der Waals surface area contributed by atoms with Crippen LogP contribution in [0.15, 0.2) is 0 Å². The SMILES string of the molecule is CC(=O)N1CCC(c2nc(Cl)c(C)c(C(=O)O)n2)CC1. The lowest BCUT2D eigenvalue weighted by Crippen LogP contribution is -2.36. The summed E-state index contributed by atoms with van der Waals surface area (Å²) in [5.41, 5.74) is 0.332. The Hall–Kier alpha value is -1.69. The lowest BCUT2D eigenvalue weighted by molar-refractivity contribution is -0.129. The van der Waals surface area contributed by atoms with Crippen LogP contribution in [0, 0.1) is 6.92 Å². The number of halogens is 1. The highest BCUT2D eigenvalue weighted by molar-refractivity contribution is 6.30. The maximum atomic E-state index is 11.3. The zero-order valence-electron chi connectivity index (χ0n) is 11.4. The second-order valence-electron chi connectivity index (χ2n) is 4.93. The highest BCUT2D eigenvalue weighted by Gasteiger charge is 2.26. The molecule has 0 spiro atoms. The smallest absolute Gasteiger partial charge is 0.354 e. The molecule has 1 aromatic rings. The van der Waals surface area contributed by atoms with Gasteiger partial charge in [0, 0.05) is 31.5 Å². The van der Waals surface area contributed by atoms with Gasteiger partial charge in [0.25, 0.3) is 0 Å². The molecule has 1 saturated heterocycles. The Morgan fingerprint density at radius 2 is 1.90 bits per heavy atom. The molecule has 1 aliphatic rings. The number of nitrogens with zero attached hydrogens (tertiary/aromatic N) is 3. The molecule has 1 fully saturated rings. The molecular weight excluding hydrogens is 282 g/mol. The summed E-state index contributed by atoms with van der Waals surface area (Å²) in [7, 11) is 0. The number of hydrogen-bond donors (Lipinski definition) is 1. The standard InChI is InChI=1S/C13H16ClN3O3/c1-7-10(13(19)20)15-12(16-11(7)14)9-3-5-17(6-4-9)8(2)18/h9H,3-6H2,1-2H3,(H,19,20). The minimum absolute atomic E-state index is 0.0433. The van der Waals surface area contributed by atoms with E-state index in [0.717, 1.165) is 12.8 Å². The van der Waals surface area contributed by atoms with E-state index in [1.54, 1.807) is 18.7 Å². The zero-order valence-corrected chi connectivity index (χ0v) is 12.1. The number of rotatable bonds is 2. The van der Waals surface area contributed by atoms with Crippen LogP contribution in [0.3, 0.4) is 0 Å². The van der Waals surface area contributed by atoms with Crippen molar-refractivity contribution in [1.82, 2.24) is 14.9 Å². The van der Waals surface area contributed by atoms with Crippen molar-refractivity contribution < 1.29 is 14.7 Å². The summed E-state index contributed by atoms with van der Waals surface area (Å²) >= 11 is 5.98. The van der Waals surface area contributed by atoms with Crippen molar-refractivity contribution in [2.75, 3.05) is 13.1 Å². The second-order valence-corrected chi connectivity index (χ2v) is 5.29. The number of amides is 1. The number of hydrogen-bond acceptors (Lipinski definition) is 4. The molecule has 0 unspecified atom stereocenters. The molecule has 0 radical (unpaired) electrons. The minimum Gasteiger partial charge on any atom is -0.476 e. The molecule has 2 rings (SSSR count). The monoisotopic (exact) mass is 297 g/mol. The average Bonchev–Trinajstić information content (AvgIpc) is 2.41. The number of likely N-dealkylation sites (tertiary alicyclic amines) is 1. The Kier molecular flexibility index (Phi) is 4.23. The molecule has 0 aromatic carbocycles. The first-order chi connectivity index (χ1) is 9.40. The molecule has 6 nitrogen and oxygen atoms in total. The third-order valence-corrected chi connectivity index (χ3v) is 3.98. The Labute approximate surface area is 121 Å². The first-order valence-electron chi connectivity index (χ1n) is 6.43. The fraction of sp³-hybridized carbons (Fsp3) is 0.538. The molecule has 108 valence electrons. The Balaban J connectivity index is 2.22. The quantitative estimate of drug-likeness (QED) is 0.842. The summed E-state index contributed by atoms with van der Waals surface area (Å²) in [5.74, 6) is -0.547. The summed E-state index contributed by atoms with van der Waals surface area (Å²) in [6, 6.07) is 0. The topological polar surface area (TPSA) is 83.4 Å². The predicted molar refractivity (Wildman–Crippen MR) is 73.0 cm³/mol. The molecule has 1 aromatic heterocycles. The van der Waals surface area contributed by atoms with Gasteiger partial charge in [-0.2, -0.15) is 0 Å². The van der Waals surface area contributed by atoms with E-state index in [-0.39, 0.29) is 22.7 Å². The number of piperidine rings is 1. The van der Waals surface area contributed by atoms with Crippen LogP contribution in [-0.4, -0.2) is 44.9 Å². The Bertz CT molecular complexity index is 554. The lowest BCUT2D eigenvalue weighted by Gasteiger charge is -2.30. The van der Waals surface area contributed by atoms with E-state index >= 15 is 0 Å². The molecule has 2 heterocycles. The van der Waals surface area contributed by atoms with Crippen molar-refractivity contribution in [1.29, 1.82) is 0 Å². The van der Waals surface area contributed by atoms with E-state index in [0.29, 0.717) is 24.5 Å². The third-order valence-electron chi connectivity index (χ3n) is 3.61. The minimum atomic E-state index is -1.10. The number of carbonyl (C=O) groups is 2. The normalized spacial score (nSPS) is 16.2. The van der Waals surface area contributed by atoms with E-state index in [4.69, 9.17) is 16.7 Å². The summed E-state index contributed by atoms with van der Waals surface area (Å²) in [6.45, 7) is 4.41. The van der Waals surface area contributed by atoms with Gasteiger partial charge in [0.15, 0.2) is 5.69 Å². The van der Waals surface area contributed by atoms with Gasteiger partial charge in [0.1, 0.15) is 11.0 Å². The van der Waals surface area contributed by atoms with E-state index in [9.17, 15) is 9.59 Å². The molecule has 0 atom stereocenters. The summed E-state index contributed by atoms with van der Waals surface area (Å²) in [4.78, 5) is 32.5. The summed E-state index contributed by atoms with van der Waals surface area (Å²) < 4.78 is 0. The maximum Gasteiger partial charge on any atom is 0.354 e. The van der Waals surface area contributed by atoms with Gasteiger partial charge in [-0.1, -0.05) is 11.6 Å². The van der Waals surface area contributed by atoms with Crippen molar-refractivity contribution in [2.45, 2.75) is 32.6 Å². The van der Waals surface area contributed by atoms with Gasteiger partial charge in [-0.15, -0.1) is 0 Å². The summed E-state index contributed by atoms with van der Waals surface area (Å²) in [5, 5.41) is 9.31. The number of carbonyl (C=O) groups excluding carboxylic acids is 1. The average molecular weight is 298 g/mol. The van der Waals surface area contributed by atoms with Crippen molar-refractivity contribution in [3.8, 4) is 0 Å². The third kappa shape index (κ3) is 2.90. The lowest BCUT2D eigenvalue weighted by atomic mass is 9.95. The Morgan fingerprint density at radius 1 is 1.30 bits per heavy atom. The highest BCUT2D eigenvalue weighted by Crippen LogP contribution is 2.28. The largest absolute Gasteiger partial charge is 0.476 e. The predicted octanol–water partition coefficient (Wildman–Crippen LogP) is 1.86. The fourth-order valence-electron chi connectivity index (χ4n) is 2.35. The second kappa shape index (κ2) is 5.75. The van der Waals surface area contributed by atoms with Gasteiger partial charge in [-0.25, -0.2) is 14.8 Å². The van der Waals surface area contributed by atoms with Gasteiger partial charge < -0.3 is 10.0 Å². The molecular formula is C13H16ClN3O3. The van der Waals surface area contributed by atoms with Crippen LogP contribution in [0.2, 0.25) is 5.15 Å². The van der Waals surface area contributed by atoms with Gasteiger partial charge >= 0.3 is 5.97 Å². The molecule has 0 saturated carbocycles. The number of carboxylic acid groups (broad SMARTS) is 1. The highest BCUT2D eigenvalue weighted by atomic mass is 35.5. The molecule has 7 heteroatoms. The molecule has 1 aliphatic heterocycles. The molecule has 0 aliphatic carbocycles. The van der Waals surface area contributed by atoms with Crippen LogP contribution in [0.5, 0.6) is 0 Å². The summed E-state index contributed by atoms with van der Waals surface area (Å²) in [6.07, 6.45) is 1.44. The molecule has 1 amide bonds. The molecule has 0 bridgehead atoms. The number of carboxylic acids is 1. The van der Waals surface area contributed by atoms with Crippen molar-refractivity contribution in [2.24, 2.45) is 0 Å². The van der Waals surface area contributed by atoms with Crippen LogP contribution < -0.4 is 0 Å². The van der Waals surface area contributed by atoms with Crippen LogP contribution >= 0.6 is 11.6 Å². The van der Waals surface area contributed by atoms with Gasteiger partial charge in [0.2, 0.25) is 5.91 Å². The zero-order chi connectivity index (χ0) is 14.9. The van der Waals surface area contributed by atoms with E-state index in [1.165, 1.54) is 0 Å². The van der Waals surface area contributed by atoms with Crippen molar-refractivity contribution in [3.05, 3.63) is 22.2 Å². The number of aromatic carboxylic acids is 1. The Morgan fingerprint density at radius 3 is 2.40 bits per heavy atom. The van der Waals surface area contributed by atoms with Crippen LogP contribution in [-0.2, 0) is 4.79 Å². The molecule has 20 heavy (non-hydrogen) atoms. The van der Waals surface area contributed by atoms with Crippen LogP contribution in [0.25, 0.3) is 0 Å². The first kappa shape index (κ1) is 14.7. The van der Waals surface area contributed by atoms with E-state index in [1.807, 2.05) is 0 Å². The maximum absolute atomic E-state index is 11.3. The van der Waals surface area contributed by atoms with Crippen molar-refractivity contribution >= 4 is 23.5 Å². The van der Waals surface area contributed by atoms with Gasteiger partial charge in [0.05, 0.1) is 0 Å². The van der Waals surface area contributed by atoms with E-state index < -0.39 is 5.97 Å². The number of aromatic nitrogens is 2. The van der Waals surface area contributed by atoms with Gasteiger partial charge in [-0.3, -0.25) is 4.79 Å². The van der Waals surface area contributed by atoms with Crippen LogP contribution in [0.1, 0.15) is 47.6 Å². The first-order valence-corrected chi connectivity index (χ1v) is 6.80. The van der Waals surface area contributed by atoms with Gasteiger partial charge in [-0.05, 0) is 19.8 Å². The van der Waals surface area contributed by atoms with Crippen LogP contribution in [0.4, 0.5) is 0 Å².